The van der Waals surface area contributed by atoms with Gasteiger partial charge in [-0.15, -0.1) is 0 Å². The van der Waals surface area contributed by atoms with Crippen LogP contribution in [0.2, 0.25) is 0 Å². The number of hydrogen-bond acceptors (Lipinski definition) is 3. The second-order valence-electron chi connectivity index (χ2n) is 7.74. The smallest absolute Gasteiger partial charge is 0.221 e. The van der Waals surface area contributed by atoms with Crippen molar-refractivity contribution in [3.63, 3.8) is 0 Å². The first-order valence-corrected chi connectivity index (χ1v) is 11.3. The molecule has 3 rings (SSSR count). The summed E-state index contributed by atoms with van der Waals surface area (Å²) in [5, 5.41) is 2.38. The van der Waals surface area contributed by atoms with Gasteiger partial charge in [0.1, 0.15) is 0 Å². The van der Waals surface area contributed by atoms with Crippen LogP contribution in [0.3, 0.4) is 0 Å². The quantitative estimate of drug-likeness (QED) is 0.760. The molecule has 2 atom stereocenters. The molecule has 0 radical (unpaired) electrons. The molecule has 5 nitrogen and oxygen atoms in total. The van der Waals surface area contributed by atoms with E-state index in [-0.39, 0.29) is 17.9 Å². The van der Waals surface area contributed by atoms with Crippen molar-refractivity contribution < 1.29 is 13.2 Å². The van der Waals surface area contributed by atoms with Crippen LogP contribution in [0.5, 0.6) is 0 Å². The molecule has 0 aromatic heterocycles. The highest BCUT2D eigenvalue weighted by atomic mass is 32.2. The fourth-order valence-corrected chi connectivity index (χ4v) is 4.73. The van der Waals surface area contributed by atoms with Crippen molar-refractivity contribution in [3.8, 4) is 11.1 Å². The zero-order valence-electron chi connectivity index (χ0n) is 16.6. The van der Waals surface area contributed by atoms with Gasteiger partial charge in [-0.1, -0.05) is 42.8 Å². The molecular weight excluding hydrogens is 372 g/mol. The summed E-state index contributed by atoms with van der Waals surface area (Å²) in [6.07, 6.45) is 2.89. The topological polar surface area (TPSA) is 75.3 Å². The van der Waals surface area contributed by atoms with Crippen LogP contribution >= 0.6 is 0 Å². The van der Waals surface area contributed by atoms with Gasteiger partial charge < -0.3 is 5.32 Å². The molecule has 0 spiro atoms. The molecule has 0 heterocycles. The van der Waals surface area contributed by atoms with Crippen LogP contribution in [0.4, 0.5) is 5.69 Å². The molecule has 1 saturated carbocycles. The minimum absolute atomic E-state index is 0.0404. The normalized spacial score (nSPS) is 19.7. The van der Waals surface area contributed by atoms with Gasteiger partial charge >= 0.3 is 0 Å². The Balaban J connectivity index is 1.78. The summed E-state index contributed by atoms with van der Waals surface area (Å²) in [4.78, 5) is 11.3. The summed E-state index contributed by atoms with van der Waals surface area (Å²) in [5.41, 5.74) is 4.03. The van der Waals surface area contributed by atoms with Gasteiger partial charge in [-0.05, 0) is 55.5 Å². The van der Waals surface area contributed by atoms with Gasteiger partial charge in [0.2, 0.25) is 15.9 Å². The highest BCUT2D eigenvalue weighted by Crippen LogP contribution is 2.36. The maximum Gasteiger partial charge on any atom is 0.221 e. The first kappa shape index (κ1) is 20.6. The van der Waals surface area contributed by atoms with Gasteiger partial charge in [0.15, 0.2) is 0 Å². The minimum atomic E-state index is -3.27. The molecule has 0 unspecified atom stereocenters. The van der Waals surface area contributed by atoms with Gasteiger partial charge in [-0.2, -0.15) is 0 Å². The van der Waals surface area contributed by atoms with Crippen LogP contribution < -0.4 is 10.0 Å². The van der Waals surface area contributed by atoms with Gasteiger partial charge in [0, 0.05) is 24.6 Å². The van der Waals surface area contributed by atoms with Gasteiger partial charge in [-0.25, -0.2) is 13.1 Å². The molecule has 6 heteroatoms. The van der Waals surface area contributed by atoms with Crippen molar-refractivity contribution in [1.29, 1.82) is 0 Å². The Morgan fingerprint density at radius 2 is 1.75 bits per heavy atom. The fraction of sp³-hybridized carbons (Fsp3) is 0.409. The number of rotatable bonds is 6. The molecular formula is C22H28N2O3S. The van der Waals surface area contributed by atoms with E-state index in [1.165, 1.54) is 6.92 Å². The third-order valence-electron chi connectivity index (χ3n) is 5.31. The van der Waals surface area contributed by atoms with Crippen molar-refractivity contribution >= 4 is 21.6 Å². The van der Waals surface area contributed by atoms with E-state index in [0.717, 1.165) is 41.6 Å². The SMILES string of the molecule is CC(=O)Nc1cccc(-c2ccc([C@H]3CCC[C@H]3NS(=O)(=O)C(C)C)cc2)c1. The molecule has 0 saturated heterocycles. The lowest BCUT2D eigenvalue weighted by molar-refractivity contribution is -0.114. The Morgan fingerprint density at radius 3 is 2.39 bits per heavy atom. The number of sulfonamides is 1. The van der Waals surface area contributed by atoms with E-state index < -0.39 is 15.3 Å². The van der Waals surface area contributed by atoms with Gasteiger partial charge in [-0.3, -0.25) is 4.79 Å². The fourth-order valence-electron chi connectivity index (χ4n) is 3.75. The van der Waals surface area contributed by atoms with Crippen LogP contribution in [0.25, 0.3) is 11.1 Å². The lowest BCUT2D eigenvalue weighted by atomic mass is 9.92. The molecule has 1 aliphatic carbocycles. The second-order valence-corrected chi connectivity index (χ2v) is 10.0. The Morgan fingerprint density at radius 1 is 1.04 bits per heavy atom. The van der Waals surface area contributed by atoms with Gasteiger partial charge in [0.05, 0.1) is 5.25 Å². The predicted octanol–water partition coefficient (Wildman–Crippen LogP) is 4.28. The number of anilines is 1. The lowest BCUT2D eigenvalue weighted by Crippen LogP contribution is -2.40. The third-order valence-corrected chi connectivity index (χ3v) is 7.18. The van der Waals surface area contributed by atoms with E-state index in [1.807, 2.05) is 24.3 Å². The minimum Gasteiger partial charge on any atom is -0.326 e. The third kappa shape index (κ3) is 4.80. The zero-order valence-corrected chi connectivity index (χ0v) is 17.4. The second kappa shape index (κ2) is 8.45. The standard InChI is InChI=1S/C22H28N2O3S/c1-15(2)28(26,27)24-22-9-5-8-21(22)18-12-10-17(11-13-18)19-6-4-7-20(14-19)23-16(3)25/h4,6-7,10-15,21-22,24H,5,8-9H2,1-3H3,(H,23,25)/t21-,22-/m1/s1. The molecule has 2 aromatic carbocycles. The van der Waals surface area contributed by atoms with Crippen molar-refractivity contribution in [2.45, 2.75) is 57.2 Å². The number of hydrogen-bond donors (Lipinski definition) is 2. The van der Waals surface area contributed by atoms with E-state index in [2.05, 4.69) is 34.3 Å². The summed E-state index contributed by atoms with van der Waals surface area (Å²) in [6, 6.07) is 16.0. The summed E-state index contributed by atoms with van der Waals surface area (Å²) < 4.78 is 27.4. The first-order valence-electron chi connectivity index (χ1n) is 9.75. The summed E-state index contributed by atoms with van der Waals surface area (Å²) in [6.45, 7) is 4.90. The summed E-state index contributed by atoms with van der Waals surface area (Å²) in [5.74, 6) is 0.108. The lowest BCUT2D eigenvalue weighted by Gasteiger charge is -2.23. The predicted molar refractivity (Wildman–Crippen MR) is 114 cm³/mol. The molecule has 0 aliphatic heterocycles. The summed E-state index contributed by atoms with van der Waals surface area (Å²) >= 11 is 0. The van der Waals surface area contributed by atoms with Crippen LogP contribution in [0.1, 0.15) is 51.5 Å². The number of nitrogens with one attached hydrogen (secondary N) is 2. The Hall–Kier alpha value is -2.18. The van der Waals surface area contributed by atoms with E-state index in [1.54, 1.807) is 13.8 Å². The molecule has 0 bridgehead atoms. The van der Waals surface area contributed by atoms with Crippen molar-refractivity contribution in [3.05, 3.63) is 54.1 Å². The maximum atomic E-state index is 12.3. The Bertz CT molecular complexity index is 937. The number of carbonyl (C=O) groups excluding carboxylic acids is 1. The van der Waals surface area contributed by atoms with Crippen LogP contribution in [0.15, 0.2) is 48.5 Å². The average molecular weight is 401 g/mol. The monoisotopic (exact) mass is 400 g/mol. The average Bonchev–Trinajstić information content (AvgIpc) is 3.09. The van der Waals surface area contributed by atoms with Crippen LogP contribution in [-0.2, 0) is 14.8 Å². The van der Waals surface area contributed by atoms with E-state index in [9.17, 15) is 13.2 Å². The van der Waals surface area contributed by atoms with E-state index in [0.29, 0.717) is 0 Å². The number of benzene rings is 2. The van der Waals surface area contributed by atoms with Crippen molar-refractivity contribution in [2.24, 2.45) is 0 Å². The molecule has 28 heavy (non-hydrogen) atoms. The molecule has 2 aromatic rings. The van der Waals surface area contributed by atoms with Crippen molar-refractivity contribution in [2.75, 3.05) is 5.32 Å². The first-order chi connectivity index (χ1) is 13.3. The maximum absolute atomic E-state index is 12.3. The largest absolute Gasteiger partial charge is 0.326 e. The van der Waals surface area contributed by atoms with E-state index in [4.69, 9.17) is 0 Å². The number of amides is 1. The molecule has 2 N–H and O–H groups in total. The Labute approximate surface area is 167 Å². The van der Waals surface area contributed by atoms with Crippen LogP contribution in [0, 0.1) is 0 Å². The van der Waals surface area contributed by atoms with E-state index >= 15 is 0 Å². The van der Waals surface area contributed by atoms with Crippen LogP contribution in [-0.4, -0.2) is 25.6 Å². The highest BCUT2D eigenvalue weighted by Gasteiger charge is 2.32. The van der Waals surface area contributed by atoms with Crippen molar-refractivity contribution in [1.82, 2.24) is 4.72 Å². The zero-order chi connectivity index (χ0) is 20.3. The Kier molecular flexibility index (Phi) is 6.20. The summed E-state index contributed by atoms with van der Waals surface area (Å²) in [7, 11) is -3.27. The highest BCUT2D eigenvalue weighted by molar-refractivity contribution is 7.90. The van der Waals surface area contributed by atoms with Gasteiger partial charge in [0.25, 0.3) is 0 Å². The number of carbonyl (C=O) groups is 1. The molecule has 1 aliphatic rings. The molecule has 1 fully saturated rings. The molecule has 1 amide bonds. The molecule has 150 valence electrons.